The number of esters is 1. The molecule has 0 amide bonds. The van der Waals surface area contributed by atoms with Crippen LogP contribution in [0.15, 0.2) is 48.8 Å². The average molecular weight is 453 g/mol. The molecule has 1 heterocycles. The third-order valence-corrected chi connectivity index (χ3v) is 5.33. The molecule has 0 aliphatic heterocycles. The van der Waals surface area contributed by atoms with Crippen molar-refractivity contribution in [2.24, 2.45) is 0 Å². The number of carbonyl (C=O) groups is 1. The zero-order chi connectivity index (χ0) is 23.6. The lowest BCUT2D eigenvalue weighted by molar-refractivity contribution is -0.134. The predicted octanol–water partition coefficient (Wildman–Crippen LogP) is 7.11. The van der Waals surface area contributed by atoms with E-state index in [4.69, 9.17) is 9.47 Å². The highest BCUT2D eigenvalue weighted by Gasteiger charge is 2.07. The van der Waals surface area contributed by atoms with Crippen LogP contribution in [0.1, 0.15) is 83.6 Å². The summed E-state index contributed by atoms with van der Waals surface area (Å²) < 4.78 is 10.9. The van der Waals surface area contributed by atoms with Gasteiger partial charge in [0.25, 0.3) is 0 Å². The highest BCUT2D eigenvalue weighted by Crippen LogP contribution is 2.19. The van der Waals surface area contributed by atoms with Crippen LogP contribution in [0.25, 0.3) is 11.4 Å². The Labute approximate surface area is 199 Å². The molecule has 0 N–H and O–H groups in total. The molecule has 0 aliphatic carbocycles. The highest BCUT2D eigenvalue weighted by molar-refractivity contribution is 5.72. The van der Waals surface area contributed by atoms with Gasteiger partial charge in [0, 0.05) is 25.2 Å². The molecular formula is C28H40N2O3. The summed E-state index contributed by atoms with van der Waals surface area (Å²) in [5, 5.41) is 0. The third kappa shape index (κ3) is 11.8. The summed E-state index contributed by atoms with van der Waals surface area (Å²) in [5.41, 5.74) is 2.27. The molecule has 0 aliphatic rings. The molecule has 0 atom stereocenters. The van der Waals surface area contributed by atoms with Crippen LogP contribution in [0.4, 0.5) is 0 Å². The van der Waals surface area contributed by atoms with Crippen LogP contribution in [0.3, 0.4) is 0 Å². The molecule has 1 aromatic carbocycles. The van der Waals surface area contributed by atoms with Crippen LogP contribution >= 0.6 is 0 Å². The van der Waals surface area contributed by atoms with E-state index < -0.39 is 0 Å². The summed E-state index contributed by atoms with van der Waals surface area (Å²) in [6, 6.07) is 8.37. The molecular weight excluding hydrogens is 412 g/mol. The monoisotopic (exact) mass is 452 g/mol. The third-order valence-electron chi connectivity index (χ3n) is 5.33. The molecule has 0 unspecified atom stereocenters. The number of hydrogen-bond donors (Lipinski definition) is 0. The zero-order valence-electron chi connectivity index (χ0n) is 20.4. The second kappa shape index (κ2) is 17.0. The number of rotatable bonds is 17. The topological polar surface area (TPSA) is 61.3 Å². The maximum Gasteiger partial charge on any atom is 0.311 e. The number of nitrogens with zero attached hydrogens (tertiary/aromatic N) is 2. The molecule has 0 spiro atoms. The number of ether oxygens (including phenoxy) is 2. The Hall–Kier alpha value is -2.53. The van der Waals surface area contributed by atoms with Crippen molar-refractivity contribution in [3.05, 3.63) is 54.4 Å². The smallest absolute Gasteiger partial charge is 0.311 e. The Morgan fingerprint density at radius 2 is 1.61 bits per heavy atom. The minimum absolute atomic E-state index is 0.258. The van der Waals surface area contributed by atoms with Gasteiger partial charge in [-0.05, 0) is 50.5 Å². The first-order chi connectivity index (χ1) is 16.2. The van der Waals surface area contributed by atoms with Gasteiger partial charge in [0.2, 0.25) is 0 Å². The lowest BCUT2D eigenvalue weighted by Crippen LogP contribution is -2.07. The van der Waals surface area contributed by atoms with Gasteiger partial charge in [0.15, 0.2) is 11.6 Å². The maximum atomic E-state index is 12.0. The fourth-order valence-corrected chi connectivity index (χ4v) is 3.43. The number of carbonyl (C=O) groups excluding carboxylic acids is 1. The van der Waals surface area contributed by atoms with Crippen LogP contribution in [0.5, 0.6) is 5.75 Å². The van der Waals surface area contributed by atoms with E-state index in [9.17, 15) is 4.79 Å². The van der Waals surface area contributed by atoms with Crippen LogP contribution in [-0.4, -0.2) is 29.2 Å². The van der Waals surface area contributed by atoms with Crippen LogP contribution in [0.2, 0.25) is 0 Å². The van der Waals surface area contributed by atoms with Gasteiger partial charge in [-0.1, -0.05) is 69.5 Å². The summed E-state index contributed by atoms with van der Waals surface area (Å²) in [7, 11) is 0. The normalized spacial score (nSPS) is 11.2. The number of allylic oxidation sites excluding steroid dienone is 2. The second-order valence-corrected chi connectivity index (χ2v) is 8.34. The molecule has 0 saturated heterocycles. The minimum Gasteiger partial charge on any atom is -0.423 e. The van der Waals surface area contributed by atoms with Crippen molar-refractivity contribution >= 4 is 5.97 Å². The molecule has 5 nitrogen and oxygen atoms in total. The van der Waals surface area contributed by atoms with E-state index in [2.05, 4.69) is 48.1 Å². The molecule has 0 saturated carbocycles. The van der Waals surface area contributed by atoms with Crippen molar-refractivity contribution in [2.75, 3.05) is 13.2 Å². The first-order valence-corrected chi connectivity index (χ1v) is 12.6. The van der Waals surface area contributed by atoms with Gasteiger partial charge in [-0.25, -0.2) is 9.97 Å². The van der Waals surface area contributed by atoms with Gasteiger partial charge in [0.05, 0.1) is 12.4 Å². The van der Waals surface area contributed by atoms with Crippen LogP contribution in [-0.2, 0) is 16.0 Å². The van der Waals surface area contributed by atoms with Crippen molar-refractivity contribution in [1.29, 1.82) is 0 Å². The molecule has 1 aromatic heterocycles. The van der Waals surface area contributed by atoms with E-state index in [0.717, 1.165) is 44.5 Å². The molecule has 180 valence electrons. The minimum atomic E-state index is -0.258. The van der Waals surface area contributed by atoms with Gasteiger partial charge in [-0.3, -0.25) is 4.79 Å². The molecule has 0 bridgehead atoms. The summed E-state index contributed by atoms with van der Waals surface area (Å²) in [4.78, 5) is 20.7. The van der Waals surface area contributed by atoms with Crippen molar-refractivity contribution in [2.45, 2.75) is 84.5 Å². The number of aromatic nitrogens is 2. The van der Waals surface area contributed by atoms with E-state index >= 15 is 0 Å². The fraction of sp³-hybridized carbons (Fsp3) is 0.536. The Bertz CT molecular complexity index is 801. The van der Waals surface area contributed by atoms with Crippen molar-refractivity contribution in [3.63, 3.8) is 0 Å². The summed E-state index contributed by atoms with van der Waals surface area (Å²) >= 11 is 0. The lowest BCUT2D eigenvalue weighted by Gasteiger charge is -2.06. The number of benzene rings is 1. The van der Waals surface area contributed by atoms with Gasteiger partial charge < -0.3 is 9.47 Å². The summed E-state index contributed by atoms with van der Waals surface area (Å²) in [5.74, 6) is 0.755. The van der Waals surface area contributed by atoms with Crippen LogP contribution < -0.4 is 4.74 Å². The Balaban J connectivity index is 1.69. The Morgan fingerprint density at radius 3 is 2.33 bits per heavy atom. The van der Waals surface area contributed by atoms with E-state index in [1.807, 2.05) is 12.1 Å². The number of unbranched alkanes of at least 4 members (excludes halogenated alkanes) is 5. The predicted molar refractivity (Wildman–Crippen MR) is 134 cm³/mol. The van der Waals surface area contributed by atoms with Gasteiger partial charge in [0.1, 0.15) is 0 Å². The standard InChI is InChI=1S/C28H40N2O3/c1-3-5-6-7-8-9-12-15-27(31)33-26-22-29-28(30-23-26)25-18-16-24(17-19-25)14-11-10-13-21-32-20-4-2/h8-9,16-19,22-23H,3-7,10-15,20-21H2,1-2H3/b9-8+. The SMILES string of the molecule is CCCCC/C=C/CCC(=O)Oc1cnc(-c2ccc(CCCCCOCCC)cc2)nc1. The summed E-state index contributed by atoms with van der Waals surface area (Å²) in [6.07, 6.45) is 18.8. The van der Waals surface area contributed by atoms with Gasteiger partial charge in [-0.15, -0.1) is 0 Å². The van der Waals surface area contributed by atoms with Gasteiger partial charge in [-0.2, -0.15) is 0 Å². The van der Waals surface area contributed by atoms with E-state index in [-0.39, 0.29) is 5.97 Å². The van der Waals surface area contributed by atoms with Crippen LogP contribution in [0, 0.1) is 0 Å². The van der Waals surface area contributed by atoms with Gasteiger partial charge >= 0.3 is 5.97 Å². The first-order valence-electron chi connectivity index (χ1n) is 12.6. The summed E-state index contributed by atoms with van der Waals surface area (Å²) in [6.45, 7) is 6.06. The van der Waals surface area contributed by atoms with Crippen molar-refractivity contribution < 1.29 is 14.3 Å². The van der Waals surface area contributed by atoms with E-state index in [0.29, 0.717) is 24.4 Å². The largest absolute Gasteiger partial charge is 0.423 e. The molecule has 33 heavy (non-hydrogen) atoms. The lowest BCUT2D eigenvalue weighted by atomic mass is 10.0. The quantitative estimate of drug-likeness (QED) is 0.145. The highest BCUT2D eigenvalue weighted by atomic mass is 16.5. The number of aryl methyl sites for hydroxylation is 1. The Kier molecular flexibility index (Phi) is 13.8. The molecule has 2 aromatic rings. The van der Waals surface area contributed by atoms with Crippen molar-refractivity contribution in [1.82, 2.24) is 9.97 Å². The second-order valence-electron chi connectivity index (χ2n) is 8.34. The molecule has 2 rings (SSSR count). The fourth-order valence-electron chi connectivity index (χ4n) is 3.43. The molecule has 0 fully saturated rings. The molecule has 0 radical (unpaired) electrons. The first kappa shape index (κ1) is 26.7. The zero-order valence-corrected chi connectivity index (χ0v) is 20.4. The van der Waals surface area contributed by atoms with Crippen molar-refractivity contribution in [3.8, 4) is 17.1 Å². The molecule has 5 heteroatoms. The average Bonchev–Trinajstić information content (AvgIpc) is 2.84. The maximum absolute atomic E-state index is 12.0. The Morgan fingerprint density at radius 1 is 0.848 bits per heavy atom. The van der Waals surface area contributed by atoms with E-state index in [1.165, 1.54) is 37.7 Å². The number of hydrogen-bond acceptors (Lipinski definition) is 5. The van der Waals surface area contributed by atoms with E-state index in [1.54, 1.807) is 12.4 Å².